The van der Waals surface area contributed by atoms with Crippen LogP contribution in [0.4, 0.5) is 0 Å². The van der Waals surface area contributed by atoms with Gasteiger partial charge in [0.25, 0.3) is 0 Å². The third-order valence-electron chi connectivity index (χ3n) is 12.4. The van der Waals surface area contributed by atoms with Gasteiger partial charge in [0, 0.05) is 60.9 Å². The van der Waals surface area contributed by atoms with E-state index in [9.17, 15) is 0 Å². The lowest BCUT2D eigenvalue weighted by Gasteiger charge is -2.37. The van der Waals surface area contributed by atoms with E-state index in [1.165, 1.54) is 105 Å². The highest BCUT2D eigenvalue weighted by Gasteiger charge is 2.50. The molecule has 0 amide bonds. The first-order chi connectivity index (χ1) is 22.9. The van der Waals surface area contributed by atoms with Gasteiger partial charge in [-0.3, -0.25) is 0 Å². The first-order valence-corrected chi connectivity index (χ1v) is 17.0. The fourth-order valence-electron chi connectivity index (χ4n) is 10.7. The Balaban J connectivity index is 1.35. The maximum Gasteiger partial charge on any atom is 0.333 e. The number of hydrogen-bond donors (Lipinski definition) is 0. The third-order valence-corrected chi connectivity index (χ3v) is 12.4. The van der Waals surface area contributed by atoms with Gasteiger partial charge in [-0.05, 0) is 55.6 Å². The summed E-state index contributed by atoms with van der Waals surface area (Å²) in [5.74, 6) is 0. The molecule has 2 aromatic heterocycles. The molecule has 3 heteroatoms. The van der Waals surface area contributed by atoms with E-state index < -0.39 is 0 Å². The van der Waals surface area contributed by atoms with Crippen molar-refractivity contribution in [2.45, 2.75) is 38.5 Å². The van der Waals surface area contributed by atoms with Gasteiger partial charge in [-0.15, -0.1) is 0 Å². The van der Waals surface area contributed by atoms with Gasteiger partial charge in [0.2, 0.25) is 0 Å². The lowest BCUT2D eigenvalue weighted by molar-refractivity contribution is 0.624. The van der Waals surface area contributed by atoms with E-state index in [2.05, 4.69) is 152 Å². The van der Waals surface area contributed by atoms with Gasteiger partial charge < -0.3 is 9.05 Å². The molecule has 12 rings (SSSR count). The van der Waals surface area contributed by atoms with Crippen LogP contribution in [0.3, 0.4) is 0 Å². The molecule has 0 spiro atoms. The maximum absolute atomic E-state index is 2.77. The van der Waals surface area contributed by atoms with E-state index in [4.69, 9.17) is 0 Å². The van der Waals surface area contributed by atoms with Crippen LogP contribution in [-0.2, 0) is 10.8 Å². The standard InChI is InChI=1S/C44H31BN2/c1-43(2)32-21-10-8-16-27(32)41-37(43)30-19-11-17-28-35-25-14-6-5-13-24(25)23-34-38(35)45(47(41)39(28)30)33-22-12-18-29-36-26-15-7-9-20-31(26)44(3,4)42(36)46(34)40(29)33/h5-23H,1-4H3. The van der Waals surface area contributed by atoms with E-state index in [1.807, 2.05) is 0 Å². The Kier molecular flexibility index (Phi) is 4.05. The highest BCUT2D eigenvalue weighted by Crippen LogP contribution is 2.57. The lowest BCUT2D eigenvalue weighted by Crippen LogP contribution is -2.56. The number of aromatic nitrogens is 2. The zero-order valence-corrected chi connectivity index (χ0v) is 26.9. The lowest BCUT2D eigenvalue weighted by atomic mass is 9.45. The van der Waals surface area contributed by atoms with Crippen molar-refractivity contribution in [3.63, 3.8) is 0 Å². The monoisotopic (exact) mass is 598 g/mol. The number of benzene rings is 6. The minimum absolute atomic E-state index is 0.0669. The molecule has 0 radical (unpaired) electrons. The van der Waals surface area contributed by atoms with Crippen LogP contribution < -0.4 is 10.9 Å². The zero-order valence-electron chi connectivity index (χ0n) is 26.9. The van der Waals surface area contributed by atoms with Gasteiger partial charge in [-0.2, -0.15) is 0 Å². The third kappa shape index (κ3) is 2.52. The van der Waals surface area contributed by atoms with Crippen LogP contribution in [0, 0.1) is 0 Å². The summed E-state index contributed by atoms with van der Waals surface area (Å²) in [6.07, 6.45) is 0. The van der Waals surface area contributed by atoms with Crippen molar-refractivity contribution in [2.24, 2.45) is 0 Å². The molecule has 6 aromatic carbocycles. The Morgan fingerprint density at radius 3 is 2.06 bits per heavy atom. The molecule has 0 saturated heterocycles. The molecule has 4 heterocycles. The second kappa shape index (κ2) is 7.64. The van der Waals surface area contributed by atoms with Gasteiger partial charge in [0.1, 0.15) is 0 Å². The number of para-hydroxylation sites is 2. The molecular formula is C44H31BN2. The van der Waals surface area contributed by atoms with Crippen LogP contribution in [0.1, 0.15) is 50.1 Å². The van der Waals surface area contributed by atoms with E-state index in [-0.39, 0.29) is 17.7 Å². The van der Waals surface area contributed by atoms with Gasteiger partial charge in [-0.25, -0.2) is 0 Å². The summed E-state index contributed by atoms with van der Waals surface area (Å²) in [4.78, 5) is 0. The quantitative estimate of drug-likeness (QED) is 0.154. The van der Waals surface area contributed by atoms with Crippen molar-refractivity contribution in [1.29, 1.82) is 0 Å². The Labute approximate surface area is 274 Å². The molecule has 8 aromatic rings. The average Bonchev–Trinajstić information content (AvgIpc) is 3.77. The summed E-state index contributed by atoms with van der Waals surface area (Å²) in [6, 6.07) is 44.1. The van der Waals surface area contributed by atoms with Gasteiger partial charge >= 0.3 is 6.85 Å². The van der Waals surface area contributed by atoms with Gasteiger partial charge in [0.05, 0.1) is 5.52 Å². The van der Waals surface area contributed by atoms with E-state index in [0.717, 1.165) is 0 Å². The average molecular weight is 599 g/mol. The molecule has 0 unspecified atom stereocenters. The number of nitrogens with zero attached hydrogens (tertiary/aromatic N) is 2. The number of hydrogen-bond acceptors (Lipinski definition) is 0. The summed E-state index contributed by atoms with van der Waals surface area (Å²) in [5, 5.41) is 5.41. The van der Waals surface area contributed by atoms with Crippen LogP contribution in [0.15, 0.2) is 115 Å². The first-order valence-electron chi connectivity index (χ1n) is 17.0. The van der Waals surface area contributed by atoms with Crippen LogP contribution in [0.25, 0.3) is 71.8 Å². The Morgan fingerprint density at radius 1 is 0.553 bits per heavy atom. The molecule has 0 atom stereocenters. The van der Waals surface area contributed by atoms with Crippen LogP contribution >= 0.6 is 0 Å². The predicted octanol–water partition coefficient (Wildman–Crippen LogP) is 9.30. The number of fused-ring (bicyclic) bond motifs is 16. The zero-order chi connectivity index (χ0) is 31.1. The molecule has 4 aliphatic rings. The van der Waals surface area contributed by atoms with E-state index in [1.54, 1.807) is 0 Å². The van der Waals surface area contributed by atoms with Crippen molar-refractivity contribution in [1.82, 2.24) is 9.05 Å². The fraction of sp³-hybridized carbons (Fsp3) is 0.136. The minimum atomic E-state index is -0.134. The SMILES string of the molecule is CC1(C)c2ccccc2-c2c1c1cccc3c1n2B1c2c(cc4ccccc4c2-3)-n2c3c(c4cccc1c42)-c1ccccc1C3(C)C. The van der Waals surface area contributed by atoms with Crippen molar-refractivity contribution in [2.75, 3.05) is 0 Å². The van der Waals surface area contributed by atoms with Crippen LogP contribution in [0.5, 0.6) is 0 Å². The summed E-state index contributed by atoms with van der Waals surface area (Å²) < 4.78 is 5.46. The summed E-state index contributed by atoms with van der Waals surface area (Å²) >= 11 is 0. The highest BCUT2D eigenvalue weighted by atomic mass is 15.0. The maximum atomic E-state index is 2.77. The van der Waals surface area contributed by atoms with Crippen molar-refractivity contribution in [3.8, 4) is 39.2 Å². The van der Waals surface area contributed by atoms with Crippen molar-refractivity contribution in [3.05, 3.63) is 138 Å². The topological polar surface area (TPSA) is 9.86 Å². The molecule has 2 aliphatic carbocycles. The molecule has 220 valence electrons. The Hall–Kier alpha value is -5.28. The molecule has 2 nitrogen and oxygen atoms in total. The first kappa shape index (κ1) is 24.9. The van der Waals surface area contributed by atoms with Gasteiger partial charge in [0.15, 0.2) is 0 Å². The summed E-state index contributed by atoms with van der Waals surface area (Å²) in [5.41, 5.74) is 20.8. The highest BCUT2D eigenvalue weighted by molar-refractivity contribution is 6.90. The Morgan fingerprint density at radius 2 is 1.21 bits per heavy atom. The normalized spacial score (nSPS) is 16.4. The molecule has 47 heavy (non-hydrogen) atoms. The molecular weight excluding hydrogens is 567 g/mol. The van der Waals surface area contributed by atoms with E-state index >= 15 is 0 Å². The second-order valence-electron chi connectivity index (χ2n) is 15.2. The largest absolute Gasteiger partial charge is 0.375 e. The summed E-state index contributed by atoms with van der Waals surface area (Å²) in [6.45, 7) is 9.77. The molecule has 0 fully saturated rings. The smallest absolute Gasteiger partial charge is 0.333 e. The summed E-state index contributed by atoms with van der Waals surface area (Å²) in [7, 11) is 0. The molecule has 0 saturated carbocycles. The Bertz CT molecular complexity index is 2800. The molecule has 2 aliphatic heterocycles. The van der Waals surface area contributed by atoms with Crippen LogP contribution in [-0.4, -0.2) is 15.9 Å². The minimum Gasteiger partial charge on any atom is -0.375 e. The van der Waals surface area contributed by atoms with Crippen molar-refractivity contribution >= 4 is 50.4 Å². The number of rotatable bonds is 0. The van der Waals surface area contributed by atoms with E-state index in [0.29, 0.717) is 0 Å². The second-order valence-corrected chi connectivity index (χ2v) is 15.2. The molecule has 0 bridgehead atoms. The van der Waals surface area contributed by atoms with Crippen LogP contribution in [0.2, 0.25) is 0 Å². The molecule has 0 N–H and O–H groups in total. The van der Waals surface area contributed by atoms with Crippen molar-refractivity contribution < 1.29 is 0 Å². The van der Waals surface area contributed by atoms with Gasteiger partial charge in [-0.1, -0.05) is 137 Å². The predicted molar refractivity (Wildman–Crippen MR) is 197 cm³/mol. The fourth-order valence-corrected chi connectivity index (χ4v) is 10.7.